The molecule has 0 saturated heterocycles. The molecular weight excluding hydrogens is 276 g/mol. The van der Waals surface area contributed by atoms with Gasteiger partial charge in [-0.25, -0.2) is 0 Å². The van der Waals surface area contributed by atoms with Crippen LogP contribution in [0, 0.1) is 10.8 Å². The van der Waals surface area contributed by atoms with Crippen molar-refractivity contribution in [2.24, 2.45) is 5.92 Å². The molecule has 2 rings (SSSR count). The highest BCUT2D eigenvalue weighted by Gasteiger charge is 2.11. The van der Waals surface area contributed by atoms with Gasteiger partial charge in [0.05, 0.1) is 11.6 Å². The molecule has 1 aromatic heterocycles. The van der Waals surface area contributed by atoms with Crippen molar-refractivity contribution in [2.45, 2.75) is 26.4 Å². The van der Waals surface area contributed by atoms with Gasteiger partial charge in [-0.1, -0.05) is 13.8 Å². The Kier molecular flexibility index (Phi) is 4.57. The maximum absolute atomic E-state index is 12.0. The van der Waals surface area contributed by atoms with Crippen LogP contribution >= 0.6 is 12.2 Å². The lowest BCUT2D eigenvalue weighted by Gasteiger charge is -2.13. The van der Waals surface area contributed by atoms with E-state index in [1.54, 1.807) is 18.2 Å². The van der Waals surface area contributed by atoms with Crippen molar-refractivity contribution in [1.29, 1.82) is 0 Å². The summed E-state index contributed by atoms with van der Waals surface area (Å²) < 4.78 is 5.27. The van der Waals surface area contributed by atoms with Crippen LogP contribution in [0.5, 0.6) is 0 Å². The number of carbonyl (C=O) groups excluding carboxylic acids is 1. The molecule has 20 heavy (non-hydrogen) atoms. The van der Waals surface area contributed by atoms with E-state index in [2.05, 4.69) is 10.3 Å². The number of hydrogen-bond donors (Lipinski definition) is 3. The van der Waals surface area contributed by atoms with Crippen molar-refractivity contribution in [3.63, 3.8) is 0 Å². The van der Waals surface area contributed by atoms with E-state index in [1.807, 2.05) is 13.8 Å². The smallest absolute Gasteiger partial charge is 0.266 e. The van der Waals surface area contributed by atoms with E-state index in [9.17, 15) is 9.90 Å². The molecule has 0 aliphatic rings. The van der Waals surface area contributed by atoms with Crippen LogP contribution in [0.3, 0.4) is 0 Å². The van der Waals surface area contributed by atoms with Crippen LogP contribution in [0.15, 0.2) is 22.6 Å². The number of aliphatic hydroxyl groups excluding tert-OH is 1. The number of aromatic amines is 1. The van der Waals surface area contributed by atoms with E-state index in [4.69, 9.17) is 16.6 Å². The van der Waals surface area contributed by atoms with Crippen molar-refractivity contribution >= 4 is 29.2 Å². The average Bonchev–Trinajstić information content (AvgIpc) is 2.74. The van der Waals surface area contributed by atoms with Crippen molar-refractivity contribution in [3.05, 3.63) is 28.6 Å². The van der Waals surface area contributed by atoms with Gasteiger partial charge < -0.3 is 19.8 Å². The SMILES string of the molecule is CC(C)CC(O)CNC(=O)c1ccc2[nH]c(=S)oc2c1. The van der Waals surface area contributed by atoms with E-state index >= 15 is 0 Å². The van der Waals surface area contributed by atoms with Gasteiger partial charge in [-0.05, 0) is 42.8 Å². The van der Waals surface area contributed by atoms with E-state index in [-0.39, 0.29) is 17.3 Å². The molecule has 1 heterocycles. The molecule has 1 amide bonds. The molecule has 108 valence electrons. The number of H-pyrrole nitrogens is 1. The lowest BCUT2D eigenvalue weighted by molar-refractivity contribution is 0.0900. The van der Waals surface area contributed by atoms with Gasteiger partial charge in [-0.15, -0.1) is 0 Å². The highest BCUT2D eigenvalue weighted by molar-refractivity contribution is 7.71. The van der Waals surface area contributed by atoms with Crippen LogP contribution in [0.25, 0.3) is 11.1 Å². The number of rotatable bonds is 5. The fourth-order valence-electron chi connectivity index (χ4n) is 2.03. The summed E-state index contributed by atoms with van der Waals surface area (Å²) in [6.07, 6.45) is 0.130. The third-order valence-electron chi connectivity index (χ3n) is 2.92. The van der Waals surface area contributed by atoms with Gasteiger partial charge in [0.1, 0.15) is 0 Å². The normalized spacial score (nSPS) is 12.8. The summed E-state index contributed by atoms with van der Waals surface area (Å²) in [5.74, 6) is 0.152. The standard InChI is InChI=1S/C14H18N2O3S/c1-8(2)5-10(17)7-15-13(18)9-3-4-11-12(6-9)19-14(20)16-11/h3-4,6,8,10,17H,5,7H2,1-2H3,(H,15,18)(H,16,20). The Hall–Kier alpha value is -1.66. The summed E-state index contributed by atoms with van der Waals surface area (Å²) in [6, 6.07) is 5.06. The monoisotopic (exact) mass is 294 g/mol. The maximum Gasteiger partial charge on any atom is 0.266 e. The summed E-state index contributed by atoms with van der Waals surface area (Å²) in [5, 5.41) is 12.4. The van der Waals surface area contributed by atoms with E-state index in [0.717, 1.165) is 5.52 Å². The number of fused-ring (bicyclic) bond motifs is 1. The van der Waals surface area contributed by atoms with Crippen LogP contribution in [0.1, 0.15) is 30.6 Å². The topological polar surface area (TPSA) is 78.3 Å². The van der Waals surface area contributed by atoms with Gasteiger partial charge >= 0.3 is 0 Å². The third-order valence-corrected chi connectivity index (χ3v) is 3.11. The van der Waals surface area contributed by atoms with Crippen LogP contribution in [-0.2, 0) is 0 Å². The van der Waals surface area contributed by atoms with Crippen molar-refractivity contribution in [2.75, 3.05) is 6.54 Å². The predicted octanol–water partition coefficient (Wildman–Crippen LogP) is 2.63. The summed E-state index contributed by atoms with van der Waals surface area (Å²) >= 11 is 4.89. The van der Waals surface area contributed by atoms with E-state index in [0.29, 0.717) is 23.5 Å². The summed E-state index contributed by atoms with van der Waals surface area (Å²) in [7, 11) is 0. The fourth-order valence-corrected chi connectivity index (χ4v) is 2.23. The minimum absolute atomic E-state index is 0.239. The summed E-state index contributed by atoms with van der Waals surface area (Å²) in [5.41, 5.74) is 1.78. The molecule has 0 fully saturated rings. The molecule has 0 aliphatic carbocycles. The van der Waals surface area contributed by atoms with Gasteiger partial charge in [0, 0.05) is 12.1 Å². The van der Waals surface area contributed by atoms with E-state index in [1.165, 1.54) is 0 Å². The van der Waals surface area contributed by atoms with Gasteiger partial charge in [-0.3, -0.25) is 4.79 Å². The first-order chi connectivity index (χ1) is 9.45. The molecule has 0 radical (unpaired) electrons. The van der Waals surface area contributed by atoms with Crippen molar-refractivity contribution < 1.29 is 14.3 Å². The molecule has 0 aliphatic heterocycles. The van der Waals surface area contributed by atoms with Crippen LogP contribution in [0.4, 0.5) is 0 Å². The molecule has 1 atom stereocenters. The van der Waals surface area contributed by atoms with Gasteiger partial charge in [-0.2, -0.15) is 0 Å². The van der Waals surface area contributed by atoms with Crippen LogP contribution < -0.4 is 5.32 Å². The Labute approximate surface area is 122 Å². The van der Waals surface area contributed by atoms with Gasteiger partial charge in [0.25, 0.3) is 10.7 Å². The Morgan fingerprint density at radius 1 is 1.50 bits per heavy atom. The lowest BCUT2D eigenvalue weighted by Crippen LogP contribution is -2.32. The summed E-state index contributed by atoms with van der Waals surface area (Å²) in [6.45, 7) is 4.29. The molecule has 0 bridgehead atoms. The number of nitrogens with one attached hydrogen (secondary N) is 2. The minimum Gasteiger partial charge on any atom is -0.429 e. The molecule has 3 N–H and O–H groups in total. The second-order valence-electron chi connectivity index (χ2n) is 5.22. The molecular formula is C14H18N2O3S. The molecule has 2 aromatic rings. The Bertz CT molecular complexity index is 660. The fraction of sp³-hybridized carbons (Fsp3) is 0.429. The van der Waals surface area contributed by atoms with Crippen molar-refractivity contribution in [3.8, 4) is 0 Å². The zero-order valence-corrected chi connectivity index (χ0v) is 12.3. The number of oxazole rings is 1. The largest absolute Gasteiger partial charge is 0.429 e. The third kappa shape index (κ3) is 3.68. The highest BCUT2D eigenvalue weighted by atomic mass is 32.1. The average molecular weight is 294 g/mol. The van der Waals surface area contributed by atoms with E-state index < -0.39 is 6.10 Å². The molecule has 0 saturated carbocycles. The Morgan fingerprint density at radius 3 is 2.95 bits per heavy atom. The van der Waals surface area contributed by atoms with Gasteiger partial charge in [0.2, 0.25) is 0 Å². The number of hydrogen-bond acceptors (Lipinski definition) is 4. The summed E-state index contributed by atoms with van der Waals surface area (Å²) in [4.78, 5) is 15.1. The van der Waals surface area contributed by atoms with Crippen LogP contribution in [0.2, 0.25) is 0 Å². The number of carbonyl (C=O) groups is 1. The molecule has 0 spiro atoms. The maximum atomic E-state index is 12.0. The zero-order chi connectivity index (χ0) is 14.7. The molecule has 6 heteroatoms. The first-order valence-corrected chi connectivity index (χ1v) is 6.95. The molecule has 1 unspecified atom stereocenters. The number of aliphatic hydroxyl groups is 1. The van der Waals surface area contributed by atoms with Crippen molar-refractivity contribution in [1.82, 2.24) is 10.3 Å². The lowest BCUT2D eigenvalue weighted by atomic mass is 10.1. The number of benzene rings is 1. The number of amides is 1. The Balaban J connectivity index is 2.02. The quantitative estimate of drug-likeness (QED) is 0.741. The Morgan fingerprint density at radius 2 is 2.25 bits per heavy atom. The second kappa shape index (κ2) is 6.19. The zero-order valence-electron chi connectivity index (χ0n) is 11.5. The van der Waals surface area contributed by atoms with Gasteiger partial charge in [0.15, 0.2) is 5.58 Å². The molecule has 5 nitrogen and oxygen atoms in total. The minimum atomic E-state index is -0.529. The second-order valence-corrected chi connectivity index (χ2v) is 5.59. The first kappa shape index (κ1) is 14.7. The first-order valence-electron chi connectivity index (χ1n) is 6.55. The number of aromatic nitrogens is 1. The highest BCUT2D eigenvalue weighted by Crippen LogP contribution is 2.15. The predicted molar refractivity (Wildman–Crippen MR) is 79.2 cm³/mol. The van der Waals surface area contributed by atoms with Crippen LogP contribution in [-0.4, -0.2) is 28.6 Å². The molecule has 1 aromatic carbocycles.